The van der Waals surface area contributed by atoms with Crippen molar-refractivity contribution in [3.63, 3.8) is 0 Å². The molecule has 1 radical (unpaired) electrons. The van der Waals surface area contributed by atoms with Gasteiger partial charge in [0.2, 0.25) is 6.29 Å². The number of aromatic nitrogens is 2. The van der Waals surface area contributed by atoms with Crippen molar-refractivity contribution in [3.8, 4) is 0 Å². The zero-order chi connectivity index (χ0) is 8.39. The molecular formula is C9H5N2O. The molecule has 0 N–H and O–H groups in total. The Morgan fingerprint density at radius 1 is 1.17 bits per heavy atom. The lowest BCUT2D eigenvalue weighted by atomic mass is 10.1. The van der Waals surface area contributed by atoms with E-state index < -0.39 is 0 Å². The zero-order valence-electron chi connectivity index (χ0n) is 6.19. The minimum absolute atomic E-state index is 0.481. The second kappa shape index (κ2) is 2.70. The van der Waals surface area contributed by atoms with Crippen molar-refractivity contribution < 1.29 is 4.79 Å². The van der Waals surface area contributed by atoms with E-state index in [0.29, 0.717) is 5.56 Å². The molecule has 2 aromatic heterocycles. The van der Waals surface area contributed by atoms with Crippen LogP contribution in [0.15, 0.2) is 30.9 Å². The van der Waals surface area contributed by atoms with Gasteiger partial charge < -0.3 is 0 Å². The molecular weight excluding hydrogens is 152 g/mol. The van der Waals surface area contributed by atoms with E-state index in [1.54, 1.807) is 24.7 Å². The minimum Gasteiger partial charge on any atom is -0.285 e. The maximum atomic E-state index is 10.4. The Morgan fingerprint density at radius 3 is 2.83 bits per heavy atom. The summed E-state index contributed by atoms with van der Waals surface area (Å²) in [6, 6.07) is 1.78. The smallest absolute Gasteiger partial charge is 0.235 e. The summed E-state index contributed by atoms with van der Waals surface area (Å²) in [5, 5.41) is 1.70. The summed E-state index contributed by atoms with van der Waals surface area (Å²) in [7, 11) is 0. The highest BCUT2D eigenvalue weighted by atomic mass is 16.1. The molecule has 0 fully saturated rings. The molecule has 0 saturated heterocycles. The molecule has 2 aromatic rings. The summed E-state index contributed by atoms with van der Waals surface area (Å²) in [5.74, 6) is 0. The quantitative estimate of drug-likeness (QED) is 0.622. The van der Waals surface area contributed by atoms with Crippen molar-refractivity contribution in [3.05, 3.63) is 36.4 Å². The molecule has 0 bridgehead atoms. The van der Waals surface area contributed by atoms with Crippen molar-refractivity contribution >= 4 is 17.1 Å². The number of carbonyl (C=O) groups excluding carboxylic acids is 1. The first-order valence-corrected chi connectivity index (χ1v) is 3.47. The molecule has 0 spiro atoms. The third-order valence-electron chi connectivity index (χ3n) is 1.67. The van der Waals surface area contributed by atoms with Crippen LogP contribution in [-0.2, 0) is 4.79 Å². The molecule has 57 valence electrons. The number of pyridine rings is 2. The van der Waals surface area contributed by atoms with Gasteiger partial charge in [-0.15, -0.1) is 0 Å². The van der Waals surface area contributed by atoms with Crippen molar-refractivity contribution in [1.82, 2.24) is 9.97 Å². The number of hydrogen-bond acceptors (Lipinski definition) is 3. The van der Waals surface area contributed by atoms with E-state index in [9.17, 15) is 4.79 Å². The Hall–Kier alpha value is -1.77. The Balaban J connectivity index is 2.88. The molecule has 3 heteroatoms. The fourth-order valence-corrected chi connectivity index (χ4v) is 1.10. The molecule has 0 aliphatic rings. The number of rotatable bonds is 1. The van der Waals surface area contributed by atoms with E-state index in [1.807, 2.05) is 6.29 Å². The molecule has 0 amide bonds. The van der Waals surface area contributed by atoms with Gasteiger partial charge in [-0.05, 0) is 11.5 Å². The van der Waals surface area contributed by atoms with Crippen LogP contribution in [0.1, 0.15) is 5.56 Å². The minimum atomic E-state index is 0.481. The third-order valence-corrected chi connectivity index (χ3v) is 1.67. The van der Waals surface area contributed by atoms with Crippen LogP contribution in [0.3, 0.4) is 0 Å². The lowest BCUT2D eigenvalue weighted by molar-refractivity contribution is 0.563. The van der Waals surface area contributed by atoms with Gasteiger partial charge in [-0.2, -0.15) is 0 Å². The first kappa shape index (κ1) is 6.91. The molecule has 0 saturated carbocycles. The highest BCUT2D eigenvalue weighted by Crippen LogP contribution is 2.13. The average Bonchev–Trinajstić information content (AvgIpc) is 2.17. The maximum absolute atomic E-state index is 10.4. The molecule has 0 aromatic carbocycles. The highest BCUT2D eigenvalue weighted by Gasteiger charge is 1.98. The van der Waals surface area contributed by atoms with Crippen LogP contribution in [-0.4, -0.2) is 16.3 Å². The van der Waals surface area contributed by atoms with Crippen LogP contribution < -0.4 is 0 Å². The summed E-state index contributed by atoms with van der Waals surface area (Å²) in [6.07, 6.45) is 8.31. The lowest BCUT2D eigenvalue weighted by Crippen LogP contribution is -1.86. The van der Waals surface area contributed by atoms with Crippen molar-refractivity contribution in [1.29, 1.82) is 0 Å². The van der Waals surface area contributed by atoms with E-state index in [4.69, 9.17) is 0 Å². The van der Waals surface area contributed by atoms with Crippen molar-refractivity contribution in [2.45, 2.75) is 0 Å². The van der Waals surface area contributed by atoms with Gasteiger partial charge in [-0.1, -0.05) is 0 Å². The molecule has 0 unspecified atom stereocenters. The lowest BCUT2D eigenvalue weighted by Gasteiger charge is -1.96. The monoisotopic (exact) mass is 157 g/mol. The summed E-state index contributed by atoms with van der Waals surface area (Å²) in [4.78, 5) is 18.2. The van der Waals surface area contributed by atoms with Crippen LogP contribution >= 0.6 is 0 Å². The van der Waals surface area contributed by atoms with Crippen LogP contribution in [0.2, 0.25) is 0 Å². The fourth-order valence-electron chi connectivity index (χ4n) is 1.10. The van der Waals surface area contributed by atoms with E-state index >= 15 is 0 Å². The number of hydrogen-bond donors (Lipinski definition) is 0. The normalized spacial score (nSPS) is 10.0. The van der Waals surface area contributed by atoms with E-state index in [2.05, 4.69) is 9.97 Å². The largest absolute Gasteiger partial charge is 0.285 e. The molecule has 0 aliphatic carbocycles. The van der Waals surface area contributed by atoms with Gasteiger partial charge in [0.05, 0.1) is 5.56 Å². The van der Waals surface area contributed by atoms with Crippen LogP contribution in [0.5, 0.6) is 0 Å². The van der Waals surface area contributed by atoms with Gasteiger partial charge in [0.15, 0.2) is 0 Å². The van der Waals surface area contributed by atoms with Crippen LogP contribution in [0.25, 0.3) is 10.8 Å². The number of fused-ring (bicyclic) bond motifs is 1. The van der Waals surface area contributed by atoms with E-state index in [0.717, 1.165) is 10.8 Å². The Labute approximate surface area is 69.1 Å². The standard InChI is InChI=1S/C9H5N2O/c12-6-8-5-11-4-7-3-10-2-1-9(7)8/h1-5H. The molecule has 0 atom stereocenters. The van der Waals surface area contributed by atoms with Gasteiger partial charge >= 0.3 is 0 Å². The summed E-state index contributed by atoms with van der Waals surface area (Å²) in [6.45, 7) is 0. The van der Waals surface area contributed by atoms with Gasteiger partial charge in [0.1, 0.15) is 0 Å². The zero-order valence-corrected chi connectivity index (χ0v) is 6.19. The maximum Gasteiger partial charge on any atom is 0.235 e. The van der Waals surface area contributed by atoms with Gasteiger partial charge in [-0.25, -0.2) is 0 Å². The second-order valence-corrected chi connectivity index (χ2v) is 2.39. The number of nitrogens with zero attached hydrogens (tertiary/aromatic N) is 2. The topological polar surface area (TPSA) is 42.9 Å². The summed E-state index contributed by atoms with van der Waals surface area (Å²) in [5.41, 5.74) is 0.481. The molecule has 2 heterocycles. The second-order valence-electron chi connectivity index (χ2n) is 2.39. The van der Waals surface area contributed by atoms with Gasteiger partial charge in [-0.3, -0.25) is 14.8 Å². The summed E-state index contributed by atoms with van der Waals surface area (Å²) >= 11 is 0. The fraction of sp³-hybridized carbons (Fsp3) is 0. The summed E-state index contributed by atoms with van der Waals surface area (Å²) < 4.78 is 0. The Bertz CT molecular complexity index is 420. The molecule has 12 heavy (non-hydrogen) atoms. The molecule has 3 nitrogen and oxygen atoms in total. The predicted molar refractivity (Wildman–Crippen MR) is 44.3 cm³/mol. The van der Waals surface area contributed by atoms with Gasteiger partial charge in [0, 0.05) is 30.2 Å². The highest BCUT2D eigenvalue weighted by molar-refractivity contribution is 5.96. The van der Waals surface area contributed by atoms with Gasteiger partial charge in [0.25, 0.3) is 0 Å². The molecule has 0 aliphatic heterocycles. The first-order valence-electron chi connectivity index (χ1n) is 3.47. The average molecular weight is 157 g/mol. The SMILES string of the molecule is O=[C]c1cncc2cnccc12. The van der Waals surface area contributed by atoms with Crippen molar-refractivity contribution in [2.75, 3.05) is 0 Å². The van der Waals surface area contributed by atoms with Crippen molar-refractivity contribution in [2.24, 2.45) is 0 Å². The van der Waals surface area contributed by atoms with E-state index in [1.165, 1.54) is 6.20 Å². The third kappa shape index (κ3) is 0.955. The predicted octanol–water partition coefficient (Wildman–Crippen LogP) is 1.09. The molecule has 2 rings (SSSR count). The van der Waals surface area contributed by atoms with Crippen LogP contribution in [0.4, 0.5) is 0 Å². The van der Waals surface area contributed by atoms with E-state index in [-0.39, 0.29) is 0 Å². The Morgan fingerprint density at radius 2 is 2.00 bits per heavy atom. The van der Waals surface area contributed by atoms with Crippen LogP contribution in [0, 0.1) is 0 Å². The first-order chi connectivity index (χ1) is 5.92. The Kier molecular flexibility index (Phi) is 1.55.